The largest absolute Gasteiger partial charge is 0.355 e. The predicted molar refractivity (Wildman–Crippen MR) is 91.0 cm³/mol. The quantitative estimate of drug-likeness (QED) is 0.668. The van der Waals surface area contributed by atoms with Crippen molar-refractivity contribution >= 4 is 41.2 Å². The lowest BCUT2D eigenvalue weighted by Gasteiger charge is -2.08. The van der Waals surface area contributed by atoms with Gasteiger partial charge in [-0.05, 0) is 44.6 Å². The first-order valence-corrected chi connectivity index (χ1v) is 8.74. The molecular formula is C14H17N3OS3. The highest BCUT2D eigenvalue weighted by Gasteiger charge is 2.17. The van der Waals surface area contributed by atoms with Crippen LogP contribution in [0.4, 0.5) is 0 Å². The zero-order chi connectivity index (χ0) is 15.4. The fourth-order valence-electron chi connectivity index (χ4n) is 1.78. The van der Waals surface area contributed by atoms with Crippen molar-refractivity contribution in [2.45, 2.75) is 30.4 Å². The van der Waals surface area contributed by atoms with E-state index in [9.17, 15) is 4.79 Å². The number of aryl methyl sites for hydroxylation is 1. The summed E-state index contributed by atoms with van der Waals surface area (Å²) in [7, 11) is 0. The predicted octanol–water partition coefficient (Wildman–Crippen LogP) is 3.59. The summed E-state index contributed by atoms with van der Waals surface area (Å²) >= 11 is 8.26. The molecule has 0 radical (unpaired) electrons. The molecule has 0 saturated carbocycles. The molecule has 1 aromatic carbocycles. The Morgan fingerprint density at radius 3 is 2.90 bits per heavy atom. The van der Waals surface area contributed by atoms with Gasteiger partial charge < -0.3 is 5.32 Å². The lowest BCUT2D eigenvalue weighted by Crippen LogP contribution is -2.30. The minimum atomic E-state index is -0.184. The average Bonchev–Trinajstić information content (AvgIpc) is 2.80. The van der Waals surface area contributed by atoms with Gasteiger partial charge >= 0.3 is 0 Å². The number of carbonyl (C=O) groups is 1. The average molecular weight is 340 g/mol. The van der Waals surface area contributed by atoms with Gasteiger partial charge in [0.1, 0.15) is 0 Å². The molecule has 112 valence electrons. The third kappa shape index (κ3) is 3.93. The summed E-state index contributed by atoms with van der Waals surface area (Å²) < 4.78 is 3.26. The Kier molecular flexibility index (Phi) is 5.55. The monoisotopic (exact) mass is 339 g/mol. The third-order valence-electron chi connectivity index (χ3n) is 2.87. The van der Waals surface area contributed by atoms with E-state index in [0.717, 1.165) is 15.6 Å². The van der Waals surface area contributed by atoms with E-state index in [0.29, 0.717) is 10.5 Å². The van der Waals surface area contributed by atoms with Crippen LogP contribution in [-0.2, 0) is 4.79 Å². The molecule has 0 saturated heterocycles. The van der Waals surface area contributed by atoms with E-state index in [4.69, 9.17) is 12.2 Å². The molecule has 1 N–H and O–H groups in total. The second-order valence-electron chi connectivity index (χ2n) is 4.49. The van der Waals surface area contributed by atoms with Gasteiger partial charge in [0.25, 0.3) is 0 Å². The molecule has 0 aliphatic carbocycles. The van der Waals surface area contributed by atoms with Crippen LogP contribution < -0.4 is 5.32 Å². The van der Waals surface area contributed by atoms with Gasteiger partial charge in [-0.3, -0.25) is 4.79 Å². The molecule has 2 aromatic rings. The van der Waals surface area contributed by atoms with Gasteiger partial charge in [0.05, 0.1) is 10.9 Å². The van der Waals surface area contributed by atoms with Crippen LogP contribution in [-0.4, -0.2) is 27.5 Å². The van der Waals surface area contributed by atoms with E-state index >= 15 is 0 Å². The van der Waals surface area contributed by atoms with Crippen LogP contribution in [0.3, 0.4) is 0 Å². The number of hydrogen-bond donors (Lipinski definition) is 1. The molecule has 1 heterocycles. The number of para-hydroxylation sites is 1. The van der Waals surface area contributed by atoms with E-state index in [1.165, 1.54) is 23.1 Å². The van der Waals surface area contributed by atoms with E-state index in [1.807, 2.05) is 45.0 Å². The molecule has 0 fully saturated rings. The van der Waals surface area contributed by atoms with Gasteiger partial charge in [-0.25, -0.2) is 4.68 Å². The van der Waals surface area contributed by atoms with E-state index in [-0.39, 0.29) is 11.2 Å². The SMILES string of the molecule is CCNC(=O)[C@H](C)Sc1nn(-c2ccccc2C)c(=S)s1. The Morgan fingerprint density at radius 2 is 2.24 bits per heavy atom. The lowest BCUT2D eigenvalue weighted by atomic mass is 10.2. The highest BCUT2D eigenvalue weighted by molar-refractivity contribution is 8.02. The number of nitrogens with one attached hydrogen (secondary N) is 1. The molecule has 1 atom stereocenters. The van der Waals surface area contributed by atoms with Gasteiger partial charge in [0, 0.05) is 6.54 Å². The van der Waals surface area contributed by atoms with E-state index < -0.39 is 0 Å². The van der Waals surface area contributed by atoms with E-state index in [1.54, 1.807) is 4.68 Å². The van der Waals surface area contributed by atoms with Gasteiger partial charge in [-0.1, -0.05) is 41.3 Å². The van der Waals surface area contributed by atoms with Crippen LogP contribution in [0.5, 0.6) is 0 Å². The van der Waals surface area contributed by atoms with Crippen molar-refractivity contribution in [3.05, 3.63) is 33.8 Å². The molecule has 1 aromatic heterocycles. The minimum Gasteiger partial charge on any atom is -0.355 e. The lowest BCUT2D eigenvalue weighted by molar-refractivity contribution is -0.120. The molecule has 21 heavy (non-hydrogen) atoms. The zero-order valence-corrected chi connectivity index (χ0v) is 14.6. The smallest absolute Gasteiger partial charge is 0.233 e. The summed E-state index contributed by atoms with van der Waals surface area (Å²) in [6.07, 6.45) is 0. The first kappa shape index (κ1) is 16.2. The molecule has 0 bridgehead atoms. The highest BCUT2D eigenvalue weighted by Crippen LogP contribution is 2.28. The number of rotatable bonds is 5. The van der Waals surface area contributed by atoms with Gasteiger partial charge in [0.15, 0.2) is 8.29 Å². The highest BCUT2D eigenvalue weighted by atomic mass is 32.2. The number of thioether (sulfide) groups is 1. The first-order valence-electron chi connectivity index (χ1n) is 6.63. The Hall–Kier alpha value is -1.18. The minimum absolute atomic E-state index is 0.0195. The molecule has 0 aliphatic rings. The Balaban J connectivity index is 2.22. The van der Waals surface area contributed by atoms with Crippen molar-refractivity contribution < 1.29 is 4.79 Å². The summed E-state index contributed by atoms with van der Waals surface area (Å²) in [5.74, 6) is 0.0195. The van der Waals surface area contributed by atoms with Gasteiger partial charge in [0.2, 0.25) is 5.91 Å². The maximum absolute atomic E-state index is 11.8. The fourth-order valence-corrected chi connectivity index (χ4v) is 4.30. The van der Waals surface area contributed by atoms with Gasteiger partial charge in [-0.15, -0.1) is 5.10 Å². The summed E-state index contributed by atoms with van der Waals surface area (Å²) in [5.41, 5.74) is 2.10. The van der Waals surface area contributed by atoms with Crippen molar-refractivity contribution in [3.63, 3.8) is 0 Å². The Labute approximate surface area is 137 Å². The number of carbonyl (C=O) groups excluding carboxylic acids is 1. The standard InChI is InChI=1S/C14H17N3OS3/c1-4-15-12(18)10(3)20-13-16-17(14(19)21-13)11-8-6-5-7-9(11)2/h5-8,10H,4H2,1-3H3,(H,15,18)/t10-/m0/s1. The van der Waals surface area contributed by atoms with E-state index in [2.05, 4.69) is 10.4 Å². The second kappa shape index (κ2) is 7.20. The van der Waals surface area contributed by atoms with Crippen molar-refractivity contribution in [2.24, 2.45) is 0 Å². The van der Waals surface area contributed by atoms with Crippen LogP contribution in [0.1, 0.15) is 19.4 Å². The molecule has 0 aliphatic heterocycles. The molecule has 4 nitrogen and oxygen atoms in total. The van der Waals surface area contributed by atoms with Crippen molar-refractivity contribution in [3.8, 4) is 5.69 Å². The Morgan fingerprint density at radius 1 is 1.52 bits per heavy atom. The third-order valence-corrected chi connectivity index (χ3v) is 5.29. The summed E-state index contributed by atoms with van der Waals surface area (Å²) in [5, 5.41) is 7.16. The number of nitrogens with zero attached hydrogens (tertiary/aromatic N) is 2. The maximum atomic E-state index is 11.8. The number of aromatic nitrogens is 2. The topological polar surface area (TPSA) is 46.9 Å². The van der Waals surface area contributed by atoms with Crippen molar-refractivity contribution in [2.75, 3.05) is 6.54 Å². The maximum Gasteiger partial charge on any atom is 0.233 e. The molecule has 2 rings (SSSR count). The Bertz CT molecular complexity index is 693. The molecule has 1 amide bonds. The first-order chi connectivity index (χ1) is 10.0. The second-order valence-corrected chi connectivity index (χ2v) is 7.70. The number of hydrogen-bond acceptors (Lipinski definition) is 5. The molecule has 0 spiro atoms. The molecule has 7 heteroatoms. The molecule has 0 unspecified atom stereocenters. The van der Waals surface area contributed by atoms with Crippen molar-refractivity contribution in [1.29, 1.82) is 0 Å². The number of benzene rings is 1. The summed E-state index contributed by atoms with van der Waals surface area (Å²) in [4.78, 5) is 11.8. The summed E-state index contributed by atoms with van der Waals surface area (Å²) in [6.45, 7) is 6.45. The van der Waals surface area contributed by atoms with Crippen LogP contribution in [0.25, 0.3) is 5.69 Å². The fraction of sp³-hybridized carbons (Fsp3) is 0.357. The van der Waals surface area contributed by atoms with Crippen LogP contribution >= 0.6 is 35.3 Å². The summed E-state index contributed by atoms with van der Waals surface area (Å²) in [6, 6.07) is 7.97. The zero-order valence-electron chi connectivity index (χ0n) is 12.1. The van der Waals surface area contributed by atoms with Gasteiger partial charge in [-0.2, -0.15) is 0 Å². The van der Waals surface area contributed by atoms with Crippen LogP contribution in [0, 0.1) is 10.9 Å². The van der Waals surface area contributed by atoms with Crippen molar-refractivity contribution in [1.82, 2.24) is 15.1 Å². The normalized spacial score (nSPS) is 12.1. The van der Waals surface area contributed by atoms with Crippen LogP contribution in [0.15, 0.2) is 28.6 Å². The molecular weight excluding hydrogens is 322 g/mol. The van der Waals surface area contributed by atoms with Crippen LogP contribution in [0.2, 0.25) is 0 Å². The number of amides is 1.